The van der Waals surface area contributed by atoms with E-state index in [4.69, 9.17) is 0 Å². The van der Waals surface area contributed by atoms with Crippen molar-refractivity contribution in [2.75, 3.05) is 0 Å². The Morgan fingerprint density at radius 3 is 2.55 bits per heavy atom. The molecule has 2 aliphatic carbocycles. The molecule has 1 radical (unpaired) electrons. The van der Waals surface area contributed by atoms with Gasteiger partial charge in [-0.15, -0.1) is 0 Å². The third-order valence-corrected chi connectivity index (χ3v) is 4.31. The number of allylic oxidation sites excluding steroid dienone is 4. The Balaban J connectivity index is 2.08. The van der Waals surface area contributed by atoms with E-state index in [0.717, 1.165) is 6.42 Å². The maximum atomic E-state index is 3.67. The van der Waals surface area contributed by atoms with Crippen molar-refractivity contribution in [3.63, 3.8) is 0 Å². The fourth-order valence-corrected chi connectivity index (χ4v) is 3.42. The van der Waals surface area contributed by atoms with Crippen molar-refractivity contribution < 1.29 is 0 Å². The van der Waals surface area contributed by atoms with Gasteiger partial charge >= 0.3 is 0 Å². The fourth-order valence-electron chi connectivity index (χ4n) is 3.42. The summed E-state index contributed by atoms with van der Waals surface area (Å²) in [6, 6.07) is 16.8. The predicted octanol–water partition coefficient (Wildman–Crippen LogP) is 3.61. The lowest BCUT2D eigenvalue weighted by Crippen LogP contribution is -2.08. The minimum atomic E-state index is 0.536. The molecule has 4 rings (SSSR count). The summed E-state index contributed by atoms with van der Waals surface area (Å²) in [6.07, 6.45) is 9.94. The minimum Gasteiger partial charge on any atom is -0.0801 e. The van der Waals surface area contributed by atoms with Crippen LogP contribution in [0.4, 0.5) is 0 Å². The van der Waals surface area contributed by atoms with Crippen molar-refractivity contribution in [2.24, 2.45) is 5.92 Å². The van der Waals surface area contributed by atoms with Crippen molar-refractivity contribution in [3.05, 3.63) is 92.7 Å². The molecule has 2 aromatic rings. The van der Waals surface area contributed by atoms with Crippen molar-refractivity contribution in [1.82, 2.24) is 0 Å². The van der Waals surface area contributed by atoms with Crippen LogP contribution in [-0.2, 0) is 0 Å². The molecule has 107 valence electrons. The van der Waals surface area contributed by atoms with E-state index in [-0.39, 0.29) is 0 Å². The van der Waals surface area contributed by atoms with Crippen LogP contribution >= 0.6 is 0 Å². The summed E-state index contributed by atoms with van der Waals surface area (Å²) in [5.41, 5.74) is 4.05. The number of hydrogen-bond donors (Lipinski definition) is 0. The van der Waals surface area contributed by atoms with Crippen LogP contribution in [-0.4, -0.2) is 0 Å². The first-order chi connectivity index (χ1) is 10.7. The summed E-state index contributed by atoms with van der Waals surface area (Å²) in [6.45, 7) is 4.42. The molecule has 0 saturated carbocycles. The van der Waals surface area contributed by atoms with Gasteiger partial charge in [0.15, 0.2) is 0 Å². The van der Waals surface area contributed by atoms with E-state index in [2.05, 4.69) is 80.6 Å². The first-order valence-corrected chi connectivity index (χ1v) is 7.98. The quantitative estimate of drug-likeness (QED) is 0.790. The van der Waals surface area contributed by atoms with Crippen LogP contribution in [0.2, 0.25) is 0 Å². The van der Waals surface area contributed by atoms with Crippen molar-refractivity contribution in [1.29, 1.82) is 0 Å². The molecule has 0 N–H and O–H groups in total. The Hall–Kier alpha value is -2.34. The van der Waals surface area contributed by atoms with E-state index in [0.29, 0.717) is 5.92 Å². The van der Waals surface area contributed by atoms with Crippen LogP contribution in [0, 0.1) is 22.4 Å². The number of hydrogen-bond acceptors (Lipinski definition) is 0. The first kappa shape index (κ1) is 13.3. The zero-order chi connectivity index (χ0) is 15.1. The molecule has 0 heterocycles. The van der Waals surface area contributed by atoms with Crippen molar-refractivity contribution >= 4 is 11.6 Å². The molecule has 0 bridgehead atoms. The van der Waals surface area contributed by atoms with Crippen LogP contribution in [0.15, 0.2) is 60.2 Å². The number of fused-ring (bicyclic) bond motifs is 2. The summed E-state index contributed by atoms with van der Waals surface area (Å²) >= 11 is 0. The summed E-state index contributed by atoms with van der Waals surface area (Å²) in [5.74, 6) is 0.536. The second kappa shape index (κ2) is 5.14. The number of rotatable bonds is 2. The van der Waals surface area contributed by atoms with Gasteiger partial charge in [-0.1, -0.05) is 74.5 Å². The predicted molar refractivity (Wildman–Crippen MR) is 92.3 cm³/mol. The molecule has 0 nitrogen and oxygen atoms in total. The maximum Gasteiger partial charge on any atom is -0.00111 e. The smallest absolute Gasteiger partial charge is 0.00111 e. The highest BCUT2D eigenvalue weighted by Gasteiger charge is 2.16. The molecule has 22 heavy (non-hydrogen) atoms. The largest absolute Gasteiger partial charge is 0.0801 e. The molecular weight excluding hydrogens is 264 g/mol. The lowest BCUT2D eigenvalue weighted by atomic mass is 9.96. The van der Waals surface area contributed by atoms with E-state index < -0.39 is 0 Å². The van der Waals surface area contributed by atoms with Gasteiger partial charge in [0.25, 0.3) is 0 Å². The van der Waals surface area contributed by atoms with E-state index >= 15 is 0 Å². The lowest BCUT2D eigenvalue weighted by molar-refractivity contribution is 0.881. The van der Waals surface area contributed by atoms with Crippen molar-refractivity contribution in [2.45, 2.75) is 20.3 Å². The molecule has 2 aliphatic rings. The van der Waals surface area contributed by atoms with Crippen LogP contribution in [0.3, 0.4) is 0 Å². The standard InChI is InChI=1S/C22H19/c1-15(2)13-16-11-12-19-18-9-5-6-10-20(18)22(21(19)14-16)17-7-3-4-8-17/h3-7,9-13,15H,8H2,1-2H3. The van der Waals surface area contributed by atoms with Gasteiger partial charge in [-0.2, -0.15) is 0 Å². The highest BCUT2D eigenvalue weighted by atomic mass is 14.2. The monoisotopic (exact) mass is 283 g/mol. The van der Waals surface area contributed by atoms with E-state index in [1.54, 1.807) is 0 Å². The highest BCUT2D eigenvalue weighted by molar-refractivity contribution is 5.82. The summed E-state index contributed by atoms with van der Waals surface area (Å²) in [5, 5.41) is 5.21. The van der Waals surface area contributed by atoms with Crippen molar-refractivity contribution in [3.8, 4) is 0 Å². The average Bonchev–Trinajstić information content (AvgIpc) is 3.11. The Morgan fingerprint density at radius 1 is 1.00 bits per heavy atom. The Morgan fingerprint density at radius 2 is 1.82 bits per heavy atom. The molecular formula is C22H19. The molecule has 0 amide bonds. The third kappa shape index (κ3) is 2.07. The molecule has 0 spiro atoms. The van der Waals surface area contributed by atoms with Gasteiger partial charge in [0.2, 0.25) is 0 Å². The normalized spacial score (nSPS) is 16.2. The maximum absolute atomic E-state index is 3.67. The van der Waals surface area contributed by atoms with E-state index in [1.807, 2.05) is 0 Å². The van der Waals surface area contributed by atoms with Gasteiger partial charge < -0.3 is 0 Å². The van der Waals surface area contributed by atoms with Gasteiger partial charge in [-0.3, -0.25) is 0 Å². The summed E-state index contributed by atoms with van der Waals surface area (Å²) in [7, 11) is 0. The Kier molecular flexibility index (Phi) is 3.11. The second-order valence-electron chi connectivity index (χ2n) is 6.36. The van der Waals surface area contributed by atoms with Gasteiger partial charge in [0.1, 0.15) is 0 Å². The number of benzene rings is 2. The molecule has 0 unspecified atom stereocenters. The molecule has 0 heteroatoms. The topological polar surface area (TPSA) is 0 Å². The first-order valence-electron chi connectivity index (χ1n) is 7.98. The fraction of sp³-hybridized carbons (Fsp3) is 0.182. The molecule has 0 aromatic heterocycles. The zero-order valence-electron chi connectivity index (χ0n) is 13.1. The minimum absolute atomic E-state index is 0.536. The molecule has 0 saturated heterocycles. The van der Waals surface area contributed by atoms with Gasteiger partial charge in [-0.25, -0.2) is 0 Å². The average molecular weight is 283 g/mol. The van der Waals surface area contributed by atoms with Crippen LogP contribution < -0.4 is 10.4 Å². The zero-order valence-corrected chi connectivity index (χ0v) is 13.1. The van der Waals surface area contributed by atoms with Gasteiger partial charge in [0.05, 0.1) is 0 Å². The van der Waals surface area contributed by atoms with Crippen LogP contribution in [0.5, 0.6) is 0 Å². The lowest BCUT2D eigenvalue weighted by Gasteiger charge is -2.07. The molecule has 0 aliphatic heterocycles. The summed E-state index contributed by atoms with van der Waals surface area (Å²) in [4.78, 5) is 0. The molecule has 0 atom stereocenters. The Bertz CT molecular complexity index is 1010. The van der Waals surface area contributed by atoms with Gasteiger partial charge in [0, 0.05) is 0 Å². The summed E-state index contributed by atoms with van der Waals surface area (Å²) < 4.78 is 0. The van der Waals surface area contributed by atoms with Crippen LogP contribution in [0.25, 0.3) is 11.6 Å². The third-order valence-electron chi connectivity index (χ3n) is 4.31. The van der Waals surface area contributed by atoms with E-state index in [1.165, 1.54) is 37.6 Å². The van der Waals surface area contributed by atoms with Gasteiger partial charge in [-0.05, 0) is 56.0 Å². The second-order valence-corrected chi connectivity index (χ2v) is 6.36. The Labute approximate surface area is 131 Å². The van der Waals surface area contributed by atoms with Crippen LogP contribution in [0.1, 0.15) is 25.8 Å². The molecule has 2 aromatic carbocycles. The molecule has 0 fully saturated rings. The SMILES string of the molecule is CC(C)C=c1[c]c2c(cc1)=c1ccccc1=C2C1=CC=CC1. The highest BCUT2D eigenvalue weighted by Crippen LogP contribution is 2.28. The van der Waals surface area contributed by atoms with E-state index in [9.17, 15) is 0 Å².